The first-order valence-electron chi connectivity index (χ1n) is 7.50. The maximum atomic E-state index is 12.0. The lowest BCUT2D eigenvalue weighted by atomic mass is 10.2. The zero-order chi connectivity index (χ0) is 18.4. The minimum absolute atomic E-state index is 0.133. The van der Waals surface area contributed by atoms with E-state index in [-0.39, 0.29) is 22.9 Å². The second kappa shape index (κ2) is 7.91. The van der Waals surface area contributed by atoms with Crippen molar-refractivity contribution in [1.29, 1.82) is 0 Å². The second-order valence-electron chi connectivity index (χ2n) is 5.47. The Morgan fingerprint density at radius 3 is 2.60 bits per heavy atom. The van der Waals surface area contributed by atoms with Crippen LogP contribution in [-0.2, 0) is 4.79 Å². The molecule has 0 saturated carbocycles. The number of nitro benzene ring substituents is 1. The van der Waals surface area contributed by atoms with Crippen LogP contribution in [0, 0.1) is 17.0 Å². The number of carbonyl (C=O) groups is 1. The predicted molar refractivity (Wildman–Crippen MR) is 94.8 cm³/mol. The van der Waals surface area contributed by atoms with Crippen molar-refractivity contribution in [2.24, 2.45) is 5.10 Å². The van der Waals surface area contributed by atoms with Gasteiger partial charge in [0.05, 0.1) is 11.1 Å². The number of nitro groups is 1. The molecule has 0 aromatic heterocycles. The van der Waals surface area contributed by atoms with Crippen molar-refractivity contribution in [1.82, 2.24) is 5.43 Å². The highest BCUT2D eigenvalue weighted by Crippen LogP contribution is 2.21. The highest BCUT2D eigenvalue weighted by atomic mass is 16.6. The number of nitrogens with zero attached hydrogens (tertiary/aromatic N) is 2. The van der Waals surface area contributed by atoms with Crippen LogP contribution in [0.2, 0.25) is 0 Å². The molecule has 8 nitrogen and oxygen atoms in total. The van der Waals surface area contributed by atoms with Crippen molar-refractivity contribution in [2.75, 3.05) is 5.32 Å². The van der Waals surface area contributed by atoms with Gasteiger partial charge in [-0.1, -0.05) is 17.7 Å². The van der Waals surface area contributed by atoms with Gasteiger partial charge < -0.3 is 10.4 Å². The summed E-state index contributed by atoms with van der Waals surface area (Å²) in [5.74, 6) is -0.559. The molecule has 0 saturated heterocycles. The lowest BCUT2D eigenvalue weighted by molar-refractivity contribution is -0.384. The smallest absolute Gasteiger partial charge is 0.270 e. The third-order valence-electron chi connectivity index (χ3n) is 3.43. The molecular formula is C17H18N4O4. The van der Waals surface area contributed by atoms with Crippen LogP contribution in [0.4, 0.5) is 11.4 Å². The van der Waals surface area contributed by atoms with Gasteiger partial charge in [-0.05, 0) is 32.0 Å². The third kappa shape index (κ3) is 5.03. The number of phenolic OH excluding ortho intramolecular Hbond substituents is 1. The van der Waals surface area contributed by atoms with E-state index in [0.717, 1.165) is 17.5 Å². The molecule has 2 aromatic rings. The topological polar surface area (TPSA) is 117 Å². The van der Waals surface area contributed by atoms with Gasteiger partial charge in [0.1, 0.15) is 11.8 Å². The molecule has 0 aliphatic heterocycles. The fourth-order valence-corrected chi connectivity index (χ4v) is 1.99. The normalized spacial score (nSPS) is 11.9. The zero-order valence-electron chi connectivity index (χ0n) is 13.8. The molecule has 0 bridgehead atoms. The lowest BCUT2D eigenvalue weighted by Crippen LogP contribution is -2.34. The molecule has 2 aromatic carbocycles. The number of benzene rings is 2. The Morgan fingerprint density at radius 2 is 1.96 bits per heavy atom. The number of hydrogen-bond donors (Lipinski definition) is 3. The summed E-state index contributed by atoms with van der Waals surface area (Å²) >= 11 is 0. The molecule has 3 N–H and O–H groups in total. The molecule has 0 radical (unpaired) electrons. The summed E-state index contributed by atoms with van der Waals surface area (Å²) in [5, 5.41) is 27.2. The minimum atomic E-state index is -0.580. The number of amides is 1. The lowest BCUT2D eigenvalue weighted by Gasteiger charge is -2.13. The average molecular weight is 342 g/mol. The number of nitrogens with one attached hydrogen (secondary N) is 2. The quantitative estimate of drug-likeness (QED) is 0.424. The summed E-state index contributed by atoms with van der Waals surface area (Å²) in [6, 6.07) is 10.6. The molecule has 0 unspecified atom stereocenters. The van der Waals surface area contributed by atoms with E-state index in [1.54, 1.807) is 6.92 Å². The van der Waals surface area contributed by atoms with E-state index in [2.05, 4.69) is 15.8 Å². The average Bonchev–Trinajstić information content (AvgIpc) is 2.58. The SMILES string of the molecule is Cc1ccc(N[C@@H](C)C(=O)N/N=C/c2cc([N+](=O)[O-])ccc2O)cc1. The number of anilines is 1. The van der Waals surface area contributed by atoms with Crippen LogP contribution in [0.25, 0.3) is 0 Å². The molecule has 8 heteroatoms. The first-order valence-corrected chi connectivity index (χ1v) is 7.50. The van der Waals surface area contributed by atoms with E-state index in [4.69, 9.17) is 0 Å². The van der Waals surface area contributed by atoms with Crippen LogP contribution in [0.1, 0.15) is 18.1 Å². The van der Waals surface area contributed by atoms with E-state index >= 15 is 0 Å². The second-order valence-corrected chi connectivity index (χ2v) is 5.47. The Hall–Kier alpha value is -3.42. The van der Waals surface area contributed by atoms with Crippen molar-refractivity contribution in [3.63, 3.8) is 0 Å². The van der Waals surface area contributed by atoms with Crippen LogP contribution < -0.4 is 10.7 Å². The van der Waals surface area contributed by atoms with E-state index in [0.29, 0.717) is 0 Å². The highest BCUT2D eigenvalue weighted by molar-refractivity contribution is 5.88. The molecule has 130 valence electrons. The Balaban J connectivity index is 1.96. The highest BCUT2D eigenvalue weighted by Gasteiger charge is 2.12. The van der Waals surface area contributed by atoms with Crippen molar-refractivity contribution < 1.29 is 14.8 Å². The van der Waals surface area contributed by atoms with Gasteiger partial charge in [0.25, 0.3) is 11.6 Å². The summed E-state index contributed by atoms with van der Waals surface area (Å²) in [6.07, 6.45) is 1.15. The number of non-ortho nitro benzene ring substituents is 1. The maximum absolute atomic E-state index is 12.0. The van der Waals surface area contributed by atoms with Crippen molar-refractivity contribution >= 4 is 23.5 Å². The number of carbonyl (C=O) groups excluding carboxylic acids is 1. The molecule has 1 atom stereocenters. The summed E-state index contributed by atoms with van der Waals surface area (Å²) in [7, 11) is 0. The first kappa shape index (κ1) is 17.9. The van der Waals surface area contributed by atoms with Gasteiger partial charge in [-0.2, -0.15) is 5.10 Å². The van der Waals surface area contributed by atoms with E-state index in [1.807, 2.05) is 31.2 Å². The number of rotatable bonds is 6. The zero-order valence-corrected chi connectivity index (χ0v) is 13.8. The number of hydrogen-bond acceptors (Lipinski definition) is 6. The van der Waals surface area contributed by atoms with Gasteiger partial charge in [0.15, 0.2) is 0 Å². The number of phenols is 1. The van der Waals surface area contributed by atoms with Gasteiger partial charge in [0.2, 0.25) is 0 Å². The van der Waals surface area contributed by atoms with Crippen LogP contribution in [0.15, 0.2) is 47.6 Å². The van der Waals surface area contributed by atoms with Gasteiger partial charge in [-0.15, -0.1) is 0 Å². The Morgan fingerprint density at radius 1 is 1.28 bits per heavy atom. The van der Waals surface area contributed by atoms with Crippen LogP contribution >= 0.6 is 0 Å². The standard InChI is InChI=1S/C17H18N4O4/c1-11-3-5-14(6-4-11)19-12(2)17(23)20-18-10-13-9-15(21(24)25)7-8-16(13)22/h3-10,12,19,22H,1-2H3,(H,20,23)/b18-10+/t12-/m0/s1. The molecule has 0 heterocycles. The number of aryl methyl sites for hydroxylation is 1. The molecule has 0 aliphatic rings. The van der Waals surface area contributed by atoms with Gasteiger partial charge in [0, 0.05) is 23.4 Å². The third-order valence-corrected chi connectivity index (χ3v) is 3.43. The molecule has 0 fully saturated rings. The molecule has 0 spiro atoms. The summed E-state index contributed by atoms with van der Waals surface area (Å²) in [4.78, 5) is 22.2. The Kier molecular flexibility index (Phi) is 5.67. The van der Waals surface area contributed by atoms with Crippen molar-refractivity contribution in [3.8, 4) is 5.75 Å². The largest absolute Gasteiger partial charge is 0.507 e. The number of aromatic hydroxyl groups is 1. The maximum Gasteiger partial charge on any atom is 0.270 e. The molecule has 0 aliphatic carbocycles. The predicted octanol–water partition coefficient (Wildman–Crippen LogP) is 2.56. The van der Waals surface area contributed by atoms with Crippen molar-refractivity contribution in [3.05, 3.63) is 63.7 Å². The van der Waals surface area contributed by atoms with Gasteiger partial charge in [-0.25, -0.2) is 5.43 Å². The van der Waals surface area contributed by atoms with Crippen molar-refractivity contribution in [2.45, 2.75) is 19.9 Å². The summed E-state index contributed by atoms with van der Waals surface area (Å²) in [5.41, 5.74) is 4.19. The molecule has 25 heavy (non-hydrogen) atoms. The first-order chi connectivity index (χ1) is 11.9. The van der Waals surface area contributed by atoms with Gasteiger partial charge >= 0.3 is 0 Å². The van der Waals surface area contributed by atoms with E-state index < -0.39 is 11.0 Å². The van der Waals surface area contributed by atoms with Crippen LogP contribution in [0.3, 0.4) is 0 Å². The molecule has 1 amide bonds. The fraction of sp³-hybridized carbons (Fsp3) is 0.176. The fourth-order valence-electron chi connectivity index (χ4n) is 1.99. The van der Waals surface area contributed by atoms with E-state index in [1.165, 1.54) is 18.2 Å². The van der Waals surface area contributed by atoms with Crippen LogP contribution in [0.5, 0.6) is 5.75 Å². The van der Waals surface area contributed by atoms with E-state index in [9.17, 15) is 20.0 Å². The monoisotopic (exact) mass is 342 g/mol. The Bertz CT molecular complexity index is 803. The molecule has 2 rings (SSSR count). The summed E-state index contributed by atoms with van der Waals surface area (Å²) in [6.45, 7) is 3.65. The summed E-state index contributed by atoms with van der Waals surface area (Å²) < 4.78 is 0. The molecular weight excluding hydrogens is 324 g/mol. The van der Waals surface area contributed by atoms with Gasteiger partial charge in [-0.3, -0.25) is 14.9 Å². The van der Waals surface area contributed by atoms with Crippen LogP contribution in [-0.4, -0.2) is 28.2 Å². The minimum Gasteiger partial charge on any atom is -0.507 e. The number of hydrazone groups is 1. The Labute approximate surface area is 144 Å².